The van der Waals surface area contributed by atoms with E-state index in [9.17, 15) is 9.59 Å². The number of benzene rings is 1. The molecule has 1 fully saturated rings. The van der Waals surface area contributed by atoms with Gasteiger partial charge in [0, 0.05) is 37.6 Å². The Bertz CT molecular complexity index is 907. The summed E-state index contributed by atoms with van der Waals surface area (Å²) in [6, 6.07) is 9.12. The topological polar surface area (TPSA) is 76.0 Å². The molecule has 0 aliphatic heterocycles. The van der Waals surface area contributed by atoms with Gasteiger partial charge >= 0.3 is 6.03 Å². The summed E-state index contributed by atoms with van der Waals surface area (Å²) in [4.78, 5) is 29.6. The van der Waals surface area contributed by atoms with Crippen molar-refractivity contribution in [3.8, 4) is 11.5 Å². The van der Waals surface area contributed by atoms with Crippen LogP contribution in [0.2, 0.25) is 0 Å². The van der Waals surface area contributed by atoms with Gasteiger partial charge in [-0.05, 0) is 43.5 Å². The third kappa shape index (κ3) is 5.71. The smallest absolute Gasteiger partial charge is 0.322 e. The van der Waals surface area contributed by atoms with Gasteiger partial charge in [-0.3, -0.25) is 4.79 Å². The van der Waals surface area contributed by atoms with Crippen LogP contribution in [-0.4, -0.2) is 59.7 Å². The molecule has 0 spiro atoms. The molecule has 8 heteroatoms. The maximum atomic E-state index is 13.2. The van der Waals surface area contributed by atoms with Crippen LogP contribution in [0.15, 0.2) is 36.5 Å². The highest BCUT2D eigenvalue weighted by molar-refractivity contribution is 5.93. The number of urea groups is 1. The highest BCUT2D eigenvalue weighted by atomic mass is 16.5. The number of carbonyl (C=O) groups excluding carboxylic acids is 2. The van der Waals surface area contributed by atoms with E-state index in [0.717, 1.165) is 25.0 Å². The molecule has 3 rings (SSSR count). The minimum Gasteiger partial charge on any atom is -0.497 e. The van der Waals surface area contributed by atoms with Gasteiger partial charge in [-0.1, -0.05) is 6.92 Å². The van der Waals surface area contributed by atoms with Crippen LogP contribution in [0.25, 0.3) is 0 Å². The van der Waals surface area contributed by atoms with Gasteiger partial charge < -0.3 is 29.2 Å². The van der Waals surface area contributed by atoms with E-state index in [2.05, 4.69) is 5.32 Å². The van der Waals surface area contributed by atoms with E-state index in [4.69, 9.17) is 9.47 Å². The molecular formula is C23H32N4O4. The summed E-state index contributed by atoms with van der Waals surface area (Å²) in [5.41, 5.74) is 1.61. The highest BCUT2D eigenvalue weighted by Gasteiger charge is 2.34. The molecule has 168 valence electrons. The average Bonchev–Trinajstić information content (AvgIpc) is 3.53. The Labute approximate surface area is 183 Å². The summed E-state index contributed by atoms with van der Waals surface area (Å²) in [6.45, 7) is 3.07. The SMILES string of the molecule is CCCN(CC(=O)N(Cc1cccn1C)C1CC1)C(=O)Nc1ccc(OC)cc1OC. The molecular weight excluding hydrogens is 396 g/mol. The first-order valence-electron chi connectivity index (χ1n) is 10.6. The Hall–Kier alpha value is -3.16. The van der Waals surface area contributed by atoms with Crippen molar-refractivity contribution in [3.63, 3.8) is 0 Å². The van der Waals surface area contributed by atoms with Crippen molar-refractivity contribution in [2.24, 2.45) is 7.05 Å². The molecule has 0 unspecified atom stereocenters. The van der Waals surface area contributed by atoms with Crippen molar-refractivity contribution in [2.45, 2.75) is 38.8 Å². The van der Waals surface area contributed by atoms with Gasteiger partial charge in [0.05, 0.1) is 26.5 Å². The summed E-state index contributed by atoms with van der Waals surface area (Å²) in [6.07, 6.45) is 4.75. The lowest BCUT2D eigenvalue weighted by molar-refractivity contribution is -0.133. The lowest BCUT2D eigenvalue weighted by Gasteiger charge is -2.28. The van der Waals surface area contributed by atoms with Crippen LogP contribution in [0.3, 0.4) is 0 Å². The van der Waals surface area contributed by atoms with Gasteiger partial charge in [0.25, 0.3) is 0 Å². The van der Waals surface area contributed by atoms with E-state index in [-0.39, 0.29) is 24.5 Å². The molecule has 3 amide bonds. The van der Waals surface area contributed by atoms with Crippen molar-refractivity contribution in [1.29, 1.82) is 0 Å². The first kappa shape index (κ1) is 22.5. The lowest BCUT2D eigenvalue weighted by atomic mass is 10.2. The molecule has 1 aromatic carbocycles. The number of aromatic nitrogens is 1. The van der Waals surface area contributed by atoms with Gasteiger partial charge in [-0.2, -0.15) is 0 Å². The fourth-order valence-electron chi connectivity index (χ4n) is 3.51. The Balaban J connectivity index is 1.70. The largest absolute Gasteiger partial charge is 0.497 e. The standard InChI is InChI=1S/C23H32N4O4/c1-5-12-26(23(29)24-20-11-10-19(30-3)14-21(20)31-4)16-22(28)27(17-8-9-17)15-18-7-6-13-25(18)2/h6-7,10-11,13-14,17H,5,8-9,12,15-16H2,1-4H3,(H,24,29). The second-order valence-electron chi connectivity index (χ2n) is 7.78. The number of ether oxygens (including phenoxy) is 2. The first-order valence-corrected chi connectivity index (χ1v) is 10.6. The number of aryl methyl sites for hydroxylation is 1. The summed E-state index contributed by atoms with van der Waals surface area (Å²) in [5.74, 6) is 1.10. The number of anilines is 1. The Morgan fingerprint density at radius 3 is 2.55 bits per heavy atom. The second kappa shape index (κ2) is 10.2. The normalized spacial score (nSPS) is 12.9. The minimum atomic E-state index is -0.326. The number of carbonyl (C=O) groups is 2. The number of amides is 3. The molecule has 2 aromatic rings. The molecule has 8 nitrogen and oxygen atoms in total. The number of hydrogen-bond donors (Lipinski definition) is 1. The van der Waals surface area contributed by atoms with Crippen LogP contribution in [0.1, 0.15) is 31.9 Å². The summed E-state index contributed by atoms with van der Waals surface area (Å²) in [5, 5.41) is 2.87. The van der Waals surface area contributed by atoms with Crippen LogP contribution in [0.5, 0.6) is 11.5 Å². The minimum absolute atomic E-state index is 0.0333. The lowest BCUT2D eigenvalue weighted by Crippen LogP contribution is -2.45. The monoisotopic (exact) mass is 428 g/mol. The van der Waals surface area contributed by atoms with Crippen molar-refractivity contribution in [3.05, 3.63) is 42.2 Å². The molecule has 0 atom stereocenters. The Kier molecular flexibility index (Phi) is 7.44. The molecule has 0 bridgehead atoms. The summed E-state index contributed by atoms with van der Waals surface area (Å²) in [7, 11) is 5.08. The molecule has 1 saturated carbocycles. The fourth-order valence-corrected chi connectivity index (χ4v) is 3.51. The third-order valence-corrected chi connectivity index (χ3v) is 5.45. The van der Waals surface area contributed by atoms with Crippen LogP contribution in [0.4, 0.5) is 10.5 Å². The number of rotatable bonds is 10. The van der Waals surface area contributed by atoms with Crippen LogP contribution < -0.4 is 14.8 Å². The maximum absolute atomic E-state index is 13.2. The summed E-state index contributed by atoms with van der Waals surface area (Å²) < 4.78 is 12.6. The van der Waals surface area contributed by atoms with Gasteiger partial charge in [0.1, 0.15) is 18.0 Å². The third-order valence-electron chi connectivity index (χ3n) is 5.45. The zero-order valence-corrected chi connectivity index (χ0v) is 18.8. The first-order chi connectivity index (χ1) is 15.0. The van der Waals surface area contributed by atoms with Gasteiger partial charge in [0.15, 0.2) is 0 Å². The molecule has 1 heterocycles. The number of hydrogen-bond acceptors (Lipinski definition) is 4. The van der Waals surface area contributed by atoms with Crippen LogP contribution in [-0.2, 0) is 18.4 Å². The quantitative estimate of drug-likeness (QED) is 0.629. The van der Waals surface area contributed by atoms with Crippen LogP contribution >= 0.6 is 0 Å². The number of nitrogens with zero attached hydrogens (tertiary/aromatic N) is 3. The van der Waals surface area contributed by atoms with Crippen molar-refractivity contribution in [2.75, 3.05) is 32.6 Å². The molecule has 31 heavy (non-hydrogen) atoms. The Morgan fingerprint density at radius 1 is 1.19 bits per heavy atom. The molecule has 1 aliphatic carbocycles. The maximum Gasteiger partial charge on any atom is 0.322 e. The molecule has 1 aromatic heterocycles. The van der Waals surface area contributed by atoms with E-state index in [1.807, 2.05) is 41.8 Å². The van der Waals surface area contributed by atoms with Gasteiger partial charge in [0.2, 0.25) is 5.91 Å². The van der Waals surface area contributed by atoms with E-state index in [1.54, 1.807) is 30.2 Å². The molecule has 1 N–H and O–H groups in total. The van der Waals surface area contributed by atoms with Gasteiger partial charge in [-0.15, -0.1) is 0 Å². The van der Waals surface area contributed by atoms with Crippen LogP contribution in [0, 0.1) is 0 Å². The molecule has 0 radical (unpaired) electrons. The van der Waals surface area contributed by atoms with E-state index in [1.165, 1.54) is 7.11 Å². The predicted octanol–water partition coefficient (Wildman–Crippen LogP) is 3.48. The van der Waals surface area contributed by atoms with E-state index < -0.39 is 0 Å². The number of methoxy groups -OCH3 is 2. The van der Waals surface area contributed by atoms with Crippen molar-refractivity contribution >= 4 is 17.6 Å². The van der Waals surface area contributed by atoms with Gasteiger partial charge in [-0.25, -0.2) is 4.79 Å². The molecule has 1 aliphatic rings. The van der Waals surface area contributed by atoms with Crippen molar-refractivity contribution in [1.82, 2.24) is 14.4 Å². The van der Waals surface area contributed by atoms with E-state index in [0.29, 0.717) is 30.3 Å². The zero-order chi connectivity index (χ0) is 22.4. The predicted molar refractivity (Wildman–Crippen MR) is 119 cm³/mol. The average molecular weight is 429 g/mol. The highest BCUT2D eigenvalue weighted by Crippen LogP contribution is 2.30. The van der Waals surface area contributed by atoms with E-state index >= 15 is 0 Å². The molecule has 0 saturated heterocycles. The Morgan fingerprint density at radius 2 is 1.97 bits per heavy atom. The zero-order valence-electron chi connectivity index (χ0n) is 18.8. The second-order valence-corrected chi connectivity index (χ2v) is 7.78. The fraction of sp³-hybridized carbons (Fsp3) is 0.478. The summed E-state index contributed by atoms with van der Waals surface area (Å²) >= 11 is 0. The van der Waals surface area contributed by atoms with Crippen molar-refractivity contribution < 1.29 is 19.1 Å². The number of nitrogens with one attached hydrogen (secondary N) is 1.